The van der Waals surface area contributed by atoms with Gasteiger partial charge < -0.3 is 10.1 Å². The third-order valence-electron chi connectivity index (χ3n) is 4.36. The average Bonchev–Trinajstić information content (AvgIpc) is 2.98. The van der Waals surface area contributed by atoms with E-state index in [1.165, 1.54) is 36.0 Å². The van der Waals surface area contributed by atoms with Crippen LogP contribution in [0.25, 0.3) is 0 Å². The molecular weight excluding hydrogens is 405 g/mol. The molecule has 0 bridgehead atoms. The normalized spacial score (nSPS) is 17.6. The second-order valence-electron chi connectivity index (χ2n) is 7.30. The molecule has 0 radical (unpaired) electrons. The van der Waals surface area contributed by atoms with Gasteiger partial charge in [0.15, 0.2) is 5.17 Å². The van der Waals surface area contributed by atoms with Crippen LogP contribution in [0.5, 0.6) is 5.75 Å². The number of methoxy groups -OCH3 is 1. The van der Waals surface area contributed by atoms with E-state index in [9.17, 15) is 14.0 Å². The number of carbonyl (C=O) groups is 2. The molecule has 3 rings (SSSR count). The molecule has 158 valence electrons. The molecule has 6 nitrogen and oxygen atoms in total. The topological polar surface area (TPSA) is 71.0 Å². The lowest BCUT2D eigenvalue weighted by Gasteiger charge is -2.18. The molecule has 2 aromatic rings. The Balaban J connectivity index is 1.73. The van der Waals surface area contributed by atoms with Crippen molar-refractivity contribution in [3.05, 3.63) is 54.3 Å². The van der Waals surface area contributed by atoms with E-state index in [-0.39, 0.29) is 30.0 Å². The number of amidine groups is 1. The lowest BCUT2D eigenvalue weighted by atomic mass is 10.2. The first-order chi connectivity index (χ1) is 14.4. The molecule has 0 aliphatic carbocycles. The Kier molecular flexibility index (Phi) is 7.10. The average molecular weight is 430 g/mol. The maximum atomic E-state index is 13.0. The smallest absolute Gasteiger partial charge is 0.242 e. The Morgan fingerprint density at radius 3 is 2.47 bits per heavy atom. The van der Waals surface area contributed by atoms with Crippen LogP contribution in [0.3, 0.4) is 0 Å². The van der Waals surface area contributed by atoms with Gasteiger partial charge in [-0.2, -0.15) is 0 Å². The highest BCUT2D eigenvalue weighted by atomic mass is 32.2. The summed E-state index contributed by atoms with van der Waals surface area (Å²) in [5.41, 5.74) is 1.19. The number of carbonyl (C=O) groups excluding carboxylic acids is 2. The van der Waals surface area contributed by atoms with Crippen LogP contribution in [0.2, 0.25) is 0 Å². The van der Waals surface area contributed by atoms with Crippen molar-refractivity contribution >= 4 is 40.1 Å². The molecule has 1 aliphatic rings. The van der Waals surface area contributed by atoms with Crippen molar-refractivity contribution in [3.63, 3.8) is 0 Å². The predicted molar refractivity (Wildman–Crippen MR) is 118 cm³/mol. The van der Waals surface area contributed by atoms with Crippen LogP contribution in [0.1, 0.15) is 20.3 Å². The Hall–Kier alpha value is -2.87. The summed E-state index contributed by atoms with van der Waals surface area (Å²) in [7, 11) is 1.60. The first-order valence-corrected chi connectivity index (χ1v) is 10.5. The number of nitrogens with zero attached hydrogens (tertiary/aromatic N) is 2. The predicted octanol–water partition coefficient (Wildman–Crippen LogP) is 4.45. The van der Waals surface area contributed by atoms with E-state index in [0.29, 0.717) is 23.1 Å². The zero-order valence-electron chi connectivity index (χ0n) is 17.1. The zero-order valence-corrected chi connectivity index (χ0v) is 17.9. The van der Waals surface area contributed by atoms with Crippen LogP contribution >= 0.6 is 11.8 Å². The number of nitrogens with one attached hydrogen (secondary N) is 1. The standard InChI is InChI=1S/C22H24FN3O3S/c1-14(2)13-26-21(28)19(12-20(27)24-16-6-4-15(23)5-7-16)30-22(26)25-17-8-10-18(29-3)11-9-17/h4-11,14,19H,12-13H2,1-3H3,(H,24,27). The van der Waals surface area contributed by atoms with E-state index in [0.717, 1.165) is 5.75 Å². The first-order valence-electron chi connectivity index (χ1n) is 9.62. The molecule has 1 unspecified atom stereocenters. The number of ether oxygens (including phenoxy) is 1. The number of rotatable bonds is 7. The third kappa shape index (κ3) is 5.60. The summed E-state index contributed by atoms with van der Waals surface area (Å²) >= 11 is 1.29. The fraction of sp³-hybridized carbons (Fsp3) is 0.318. The fourth-order valence-corrected chi connectivity index (χ4v) is 4.11. The minimum atomic E-state index is -0.554. The van der Waals surface area contributed by atoms with Crippen molar-refractivity contribution in [1.82, 2.24) is 4.90 Å². The zero-order chi connectivity index (χ0) is 21.7. The fourth-order valence-electron chi connectivity index (χ4n) is 2.94. The molecule has 2 amide bonds. The lowest BCUT2D eigenvalue weighted by molar-refractivity contribution is -0.128. The van der Waals surface area contributed by atoms with E-state index in [2.05, 4.69) is 10.3 Å². The summed E-state index contributed by atoms with van der Waals surface area (Å²) in [5, 5.41) is 2.73. The minimum Gasteiger partial charge on any atom is -0.497 e. The van der Waals surface area contributed by atoms with Gasteiger partial charge in [-0.05, 0) is 54.4 Å². The van der Waals surface area contributed by atoms with Gasteiger partial charge in [-0.15, -0.1) is 0 Å². The highest BCUT2D eigenvalue weighted by molar-refractivity contribution is 8.15. The van der Waals surface area contributed by atoms with Crippen molar-refractivity contribution < 1.29 is 18.7 Å². The number of benzene rings is 2. The van der Waals surface area contributed by atoms with Crippen LogP contribution in [-0.4, -0.2) is 40.8 Å². The van der Waals surface area contributed by atoms with E-state index >= 15 is 0 Å². The second kappa shape index (κ2) is 9.75. The lowest BCUT2D eigenvalue weighted by Crippen LogP contribution is -2.36. The van der Waals surface area contributed by atoms with E-state index in [4.69, 9.17) is 4.74 Å². The Morgan fingerprint density at radius 1 is 1.20 bits per heavy atom. The van der Waals surface area contributed by atoms with Crippen molar-refractivity contribution in [2.45, 2.75) is 25.5 Å². The number of halogens is 1. The highest BCUT2D eigenvalue weighted by Crippen LogP contribution is 2.32. The molecular formula is C22H24FN3O3S. The van der Waals surface area contributed by atoms with E-state index in [1.807, 2.05) is 26.0 Å². The van der Waals surface area contributed by atoms with E-state index < -0.39 is 5.25 Å². The van der Waals surface area contributed by atoms with Gasteiger partial charge in [0, 0.05) is 18.7 Å². The van der Waals surface area contributed by atoms with Gasteiger partial charge in [-0.1, -0.05) is 25.6 Å². The molecule has 1 saturated heterocycles. The highest BCUT2D eigenvalue weighted by Gasteiger charge is 2.39. The van der Waals surface area contributed by atoms with Crippen LogP contribution in [-0.2, 0) is 9.59 Å². The summed E-state index contributed by atoms with van der Waals surface area (Å²) < 4.78 is 18.2. The summed E-state index contributed by atoms with van der Waals surface area (Å²) in [6.45, 7) is 4.58. The van der Waals surface area contributed by atoms with E-state index in [1.54, 1.807) is 24.1 Å². The van der Waals surface area contributed by atoms with Crippen molar-refractivity contribution in [2.75, 3.05) is 19.0 Å². The van der Waals surface area contributed by atoms with Gasteiger partial charge >= 0.3 is 0 Å². The van der Waals surface area contributed by atoms with Crippen molar-refractivity contribution in [2.24, 2.45) is 10.9 Å². The van der Waals surface area contributed by atoms with Crippen molar-refractivity contribution in [1.29, 1.82) is 0 Å². The Bertz CT molecular complexity index is 930. The molecule has 2 aromatic carbocycles. The Morgan fingerprint density at radius 2 is 1.87 bits per heavy atom. The summed E-state index contributed by atoms with van der Waals surface area (Å²) in [4.78, 5) is 31.6. The van der Waals surface area contributed by atoms with Crippen LogP contribution in [0, 0.1) is 11.7 Å². The molecule has 0 aromatic heterocycles. The third-order valence-corrected chi connectivity index (χ3v) is 5.54. The molecule has 30 heavy (non-hydrogen) atoms. The monoisotopic (exact) mass is 429 g/mol. The SMILES string of the molecule is COc1ccc(N=C2SC(CC(=O)Nc3ccc(F)cc3)C(=O)N2CC(C)C)cc1. The number of hydrogen-bond donors (Lipinski definition) is 1. The summed E-state index contributed by atoms with van der Waals surface area (Å²) in [6, 6.07) is 12.8. The van der Waals surface area contributed by atoms with Gasteiger partial charge in [-0.25, -0.2) is 9.38 Å². The summed E-state index contributed by atoms with van der Waals surface area (Å²) in [5.74, 6) is 0.169. The maximum Gasteiger partial charge on any atom is 0.242 e. The molecule has 0 spiro atoms. The number of amides is 2. The molecule has 1 heterocycles. The number of anilines is 1. The second-order valence-corrected chi connectivity index (χ2v) is 8.47. The molecule has 1 atom stereocenters. The van der Waals surface area contributed by atoms with Gasteiger partial charge in [-0.3, -0.25) is 14.5 Å². The first kappa shape index (κ1) is 21.8. The van der Waals surface area contributed by atoms with Gasteiger partial charge in [0.25, 0.3) is 0 Å². The van der Waals surface area contributed by atoms with Crippen LogP contribution in [0.15, 0.2) is 53.5 Å². The molecule has 1 N–H and O–H groups in total. The number of thioether (sulfide) groups is 1. The molecule has 1 aliphatic heterocycles. The molecule has 1 fully saturated rings. The van der Waals surface area contributed by atoms with Crippen LogP contribution < -0.4 is 10.1 Å². The number of hydrogen-bond acceptors (Lipinski definition) is 5. The summed E-state index contributed by atoms with van der Waals surface area (Å²) in [6.07, 6.45) is 0.0110. The molecule has 0 saturated carbocycles. The Labute approximate surface area is 179 Å². The maximum absolute atomic E-state index is 13.0. The largest absolute Gasteiger partial charge is 0.497 e. The van der Waals surface area contributed by atoms with Gasteiger partial charge in [0.05, 0.1) is 12.8 Å². The van der Waals surface area contributed by atoms with Crippen molar-refractivity contribution in [3.8, 4) is 5.75 Å². The van der Waals surface area contributed by atoms with Gasteiger partial charge in [0.2, 0.25) is 11.8 Å². The quantitative estimate of drug-likeness (QED) is 0.706. The number of aliphatic imine (C=N–C) groups is 1. The van der Waals surface area contributed by atoms with Crippen LogP contribution in [0.4, 0.5) is 15.8 Å². The molecule has 8 heteroatoms. The van der Waals surface area contributed by atoms with Gasteiger partial charge in [0.1, 0.15) is 16.8 Å². The minimum absolute atomic E-state index is 0.0110.